The number of rotatable bonds is 7. The van der Waals surface area contributed by atoms with Crippen molar-refractivity contribution < 1.29 is 4.79 Å². The number of para-hydroxylation sites is 2. The number of hydrogen-bond acceptors (Lipinski definition) is 4. The molecule has 0 radical (unpaired) electrons. The maximum atomic E-state index is 12.6. The minimum atomic E-state index is -0.0806. The zero-order valence-corrected chi connectivity index (χ0v) is 18.5. The summed E-state index contributed by atoms with van der Waals surface area (Å²) in [5.74, 6) is 0.764. The fourth-order valence-electron chi connectivity index (χ4n) is 4.32. The lowest BCUT2D eigenvalue weighted by atomic mass is 9.97. The predicted molar refractivity (Wildman–Crippen MR) is 122 cm³/mol. The Kier molecular flexibility index (Phi) is 6.39. The molecule has 0 bridgehead atoms. The van der Waals surface area contributed by atoms with E-state index in [1.54, 1.807) is 27.5 Å². The second kappa shape index (κ2) is 9.18. The Labute approximate surface area is 181 Å². The van der Waals surface area contributed by atoms with Crippen molar-refractivity contribution in [3.63, 3.8) is 0 Å². The number of piperidine rings is 1. The van der Waals surface area contributed by atoms with Crippen molar-refractivity contribution in [2.24, 2.45) is 13.0 Å². The monoisotopic (exact) mass is 426 g/mol. The highest BCUT2D eigenvalue weighted by Crippen LogP contribution is 2.29. The number of carbonyl (C=O) groups excluding carboxylic acids is 1. The summed E-state index contributed by atoms with van der Waals surface area (Å²) in [7, 11) is 1.77. The molecule has 7 heteroatoms. The summed E-state index contributed by atoms with van der Waals surface area (Å²) in [5.41, 5.74) is 1.68. The van der Waals surface area contributed by atoms with E-state index in [1.165, 1.54) is 17.7 Å². The number of benzene rings is 1. The number of likely N-dealkylation sites (tertiary alicyclic amines) is 1. The van der Waals surface area contributed by atoms with Crippen molar-refractivity contribution >= 4 is 28.3 Å². The largest absolute Gasteiger partial charge is 0.354 e. The van der Waals surface area contributed by atoms with Gasteiger partial charge in [-0.2, -0.15) is 0 Å². The Hall–Kier alpha value is -2.38. The number of nitrogens with one attached hydrogen (secondary N) is 1. The molecule has 1 fully saturated rings. The topological polar surface area (TPSA) is 59.3 Å². The first-order valence-corrected chi connectivity index (χ1v) is 11.6. The van der Waals surface area contributed by atoms with E-state index in [4.69, 9.17) is 0 Å². The second-order valence-electron chi connectivity index (χ2n) is 8.29. The van der Waals surface area contributed by atoms with E-state index in [9.17, 15) is 9.59 Å². The van der Waals surface area contributed by atoms with Crippen molar-refractivity contribution in [2.75, 3.05) is 19.6 Å². The van der Waals surface area contributed by atoms with Crippen LogP contribution >= 0.6 is 11.3 Å². The molecule has 1 amide bonds. The van der Waals surface area contributed by atoms with E-state index in [-0.39, 0.29) is 17.6 Å². The smallest absolute Gasteiger partial charge is 0.328 e. The van der Waals surface area contributed by atoms with Crippen LogP contribution in [-0.4, -0.2) is 39.6 Å². The van der Waals surface area contributed by atoms with E-state index >= 15 is 0 Å². The molecule has 1 unspecified atom stereocenters. The summed E-state index contributed by atoms with van der Waals surface area (Å²) in [4.78, 5) is 29.0. The number of imidazole rings is 1. The molecule has 0 aliphatic carbocycles. The molecular weight excluding hydrogens is 396 g/mol. The Bertz CT molecular complexity index is 1050. The number of thiophene rings is 1. The van der Waals surface area contributed by atoms with Crippen LogP contribution in [0.2, 0.25) is 0 Å². The maximum absolute atomic E-state index is 12.6. The molecule has 4 rings (SSSR count). The third-order valence-electron chi connectivity index (χ3n) is 6.24. The third-order valence-corrected chi connectivity index (χ3v) is 7.21. The predicted octanol–water partition coefficient (Wildman–Crippen LogP) is 3.38. The van der Waals surface area contributed by atoms with Crippen LogP contribution in [0.5, 0.6) is 0 Å². The molecule has 0 spiro atoms. The van der Waals surface area contributed by atoms with Gasteiger partial charge in [-0.15, -0.1) is 11.3 Å². The van der Waals surface area contributed by atoms with Crippen molar-refractivity contribution in [2.45, 2.75) is 38.8 Å². The first kappa shape index (κ1) is 20.9. The lowest BCUT2D eigenvalue weighted by molar-refractivity contribution is -0.121. The Morgan fingerprint density at radius 3 is 2.60 bits per heavy atom. The number of fused-ring (bicyclic) bond motifs is 1. The molecular formula is C23H30N4O2S. The molecule has 2 aromatic heterocycles. The van der Waals surface area contributed by atoms with Gasteiger partial charge < -0.3 is 5.32 Å². The molecule has 6 nitrogen and oxygen atoms in total. The summed E-state index contributed by atoms with van der Waals surface area (Å²) in [6.07, 6.45) is 2.71. The first-order chi connectivity index (χ1) is 14.5. The molecule has 1 saturated heterocycles. The second-order valence-corrected chi connectivity index (χ2v) is 9.27. The van der Waals surface area contributed by atoms with Gasteiger partial charge in [0.15, 0.2) is 0 Å². The standard InChI is InChI=1S/C23H30N4O2S/c1-17-9-12-26(13-10-17)20(21-8-5-15-30-21)16-24-22(28)11-14-27-19-7-4-3-6-18(19)25(2)23(27)29/h3-8,15,17,20H,9-14,16H2,1-2H3,(H,24,28). The van der Waals surface area contributed by atoms with Gasteiger partial charge in [0, 0.05) is 31.4 Å². The zero-order chi connectivity index (χ0) is 21.1. The highest BCUT2D eigenvalue weighted by atomic mass is 32.1. The molecule has 3 aromatic rings. The highest BCUT2D eigenvalue weighted by Gasteiger charge is 2.25. The molecule has 1 aromatic carbocycles. The number of carbonyl (C=O) groups is 1. The van der Waals surface area contributed by atoms with E-state index in [1.807, 2.05) is 24.3 Å². The van der Waals surface area contributed by atoms with Crippen LogP contribution < -0.4 is 11.0 Å². The molecule has 30 heavy (non-hydrogen) atoms. The van der Waals surface area contributed by atoms with Crippen LogP contribution in [0, 0.1) is 5.92 Å². The van der Waals surface area contributed by atoms with Crippen LogP contribution in [0.1, 0.15) is 37.1 Å². The molecule has 0 saturated carbocycles. The number of hydrogen-bond donors (Lipinski definition) is 1. The lowest BCUT2D eigenvalue weighted by Gasteiger charge is -2.36. The molecule has 1 atom stereocenters. The van der Waals surface area contributed by atoms with Crippen molar-refractivity contribution in [3.05, 3.63) is 57.1 Å². The normalized spacial score (nSPS) is 16.7. The quantitative estimate of drug-likeness (QED) is 0.630. The summed E-state index contributed by atoms with van der Waals surface area (Å²) >= 11 is 1.75. The lowest BCUT2D eigenvalue weighted by Crippen LogP contribution is -2.41. The number of nitrogens with zero attached hydrogens (tertiary/aromatic N) is 3. The highest BCUT2D eigenvalue weighted by molar-refractivity contribution is 7.10. The first-order valence-electron chi connectivity index (χ1n) is 10.7. The van der Waals surface area contributed by atoms with Crippen LogP contribution in [-0.2, 0) is 18.4 Å². The summed E-state index contributed by atoms with van der Waals surface area (Å²) < 4.78 is 3.33. The van der Waals surface area contributed by atoms with Gasteiger partial charge in [0.25, 0.3) is 0 Å². The van der Waals surface area contributed by atoms with E-state index in [2.05, 4.69) is 34.7 Å². The van der Waals surface area contributed by atoms with Crippen LogP contribution in [0.15, 0.2) is 46.6 Å². The SMILES string of the molecule is CC1CCN(C(CNC(=O)CCn2c(=O)n(C)c3ccccc32)c2cccs2)CC1. The van der Waals surface area contributed by atoms with Gasteiger partial charge in [-0.3, -0.25) is 18.8 Å². The Morgan fingerprint density at radius 2 is 1.90 bits per heavy atom. The van der Waals surface area contributed by atoms with Gasteiger partial charge in [-0.1, -0.05) is 25.1 Å². The van der Waals surface area contributed by atoms with Crippen LogP contribution in [0.3, 0.4) is 0 Å². The molecule has 1 N–H and O–H groups in total. The van der Waals surface area contributed by atoms with Gasteiger partial charge >= 0.3 is 5.69 Å². The van der Waals surface area contributed by atoms with Crippen molar-refractivity contribution in [1.82, 2.24) is 19.4 Å². The van der Waals surface area contributed by atoms with Crippen LogP contribution in [0.25, 0.3) is 11.0 Å². The van der Waals surface area contributed by atoms with Gasteiger partial charge in [0.2, 0.25) is 5.91 Å². The van der Waals surface area contributed by atoms with Gasteiger partial charge in [0.1, 0.15) is 0 Å². The molecule has 160 valence electrons. The summed E-state index contributed by atoms with van der Waals surface area (Å²) in [6.45, 7) is 5.46. The van der Waals surface area contributed by atoms with Crippen molar-refractivity contribution in [1.29, 1.82) is 0 Å². The minimum absolute atomic E-state index is 0.0123. The Balaban J connectivity index is 1.39. The molecule has 1 aliphatic heterocycles. The number of amides is 1. The zero-order valence-electron chi connectivity index (χ0n) is 17.7. The Morgan fingerprint density at radius 1 is 1.17 bits per heavy atom. The fraction of sp³-hybridized carbons (Fsp3) is 0.478. The fourth-order valence-corrected chi connectivity index (χ4v) is 5.18. The van der Waals surface area contributed by atoms with Gasteiger partial charge in [0.05, 0.1) is 17.1 Å². The minimum Gasteiger partial charge on any atom is -0.354 e. The average Bonchev–Trinajstić information content (AvgIpc) is 3.36. The van der Waals surface area contributed by atoms with Gasteiger partial charge in [-0.25, -0.2) is 4.79 Å². The molecule has 3 heterocycles. The van der Waals surface area contributed by atoms with Crippen molar-refractivity contribution in [3.8, 4) is 0 Å². The average molecular weight is 427 g/mol. The van der Waals surface area contributed by atoms with E-state index in [0.29, 0.717) is 19.5 Å². The molecule has 1 aliphatic rings. The summed E-state index contributed by atoms with van der Waals surface area (Å²) in [5, 5.41) is 5.23. The number of aryl methyl sites for hydroxylation is 2. The van der Waals surface area contributed by atoms with E-state index in [0.717, 1.165) is 30.0 Å². The van der Waals surface area contributed by atoms with Gasteiger partial charge in [-0.05, 0) is 55.4 Å². The summed E-state index contributed by atoms with van der Waals surface area (Å²) in [6, 6.07) is 12.2. The van der Waals surface area contributed by atoms with E-state index < -0.39 is 0 Å². The van der Waals surface area contributed by atoms with Crippen LogP contribution in [0.4, 0.5) is 0 Å². The maximum Gasteiger partial charge on any atom is 0.328 e. The number of aromatic nitrogens is 2. The third kappa shape index (κ3) is 4.37.